The zero-order valence-electron chi connectivity index (χ0n) is 9.43. The fourth-order valence-corrected chi connectivity index (χ4v) is 1.48. The van der Waals surface area contributed by atoms with Gasteiger partial charge in [-0.1, -0.05) is 0 Å². The van der Waals surface area contributed by atoms with Crippen molar-refractivity contribution in [2.24, 2.45) is 0 Å². The van der Waals surface area contributed by atoms with Crippen molar-refractivity contribution < 1.29 is 10.0 Å². The van der Waals surface area contributed by atoms with Crippen molar-refractivity contribution in [2.45, 2.75) is 26.8 Å². The molecular weight excluding hydrogens is 212 g/mol. The number of aliphatic hydroxyl groups excluding tert-OH is 1. The Morgan fingerprint density at radius 3 is 2.81 bits per heavy atom. The maximum atomic E-state index is 10.9. The van der Waals surface area contributed by atoms with Gasteiger partial charge in [-0.3, -0.25) is 10.1 Å². The largest absolute Gasteiger partial charge is 0.396 e. The molecule has 0 aliphatic carbocycles. The molecule has 0 saturated heterocycles. The lowest BCUT2D eigenvalue weighted by Gasteiger charge is -2.06. The average Bonchev–Trinajstić information content (AvgIpc) is 2.55. The summed E-state index contributed by atoms with van der Waals surface area (Å²) in [4.78, 5) is 10.4. The summed E-state index contributed by atoms with van der Waals surface area (Å²) >= 11 is 0. The number of hydrogen-bond donors (Lipinski definition) is 2. The van der Waals surface area contributed by atoms with Crippen LogP contribution in [0, 0.1) is 17.0 Å². The van der Waals surface area contributed by atoms with E-state index in [0.29, 0.717) is 31.0 Å². The molecule has 0 aliphatic heterocycles. The van der Waals surface area contributed by atoms with Gasteiger partial charge in [-0.05, 0) is 20.3 Å². The lowest BCUT2D eigenvalue weighted by Crippen LogP contribution is -2.10. The minimum Gasteiger partial charge on any atom is -0.396 e. The molecule has 0 spiro atoms. The first-order valence-electron chi connectivity index (χ1n) is 5.18. The number of nitrogens with zero attached hydrogens (tertiary/aromatic N) is 3. The van der Waals surface area contributed by atoms with E-state index >= 15 is 0 Å². The number of rotatable bonds is 6. The molecule has 0 amide bonds. The van der Waals surface area contributed by atoms with Crippen LogP contribution in [0.25, 0.3) is 0 Å². The molecule has 0 fully saturated rings. The molecule has 7 nitrogen and oxygen atoms in total. The van der Waals surface area contributed by atoms with Gasteiger partial charge in [-0.15, -0.1) is 0 Å². The molecule has 0 radical (unpaired) electrons. The number of aliphatic hydroxyl groups is 1. The summed E-state index contributed by atoms with van der Waals surface area (Å²) in [5.74, 6) is 0.415. The summed E-state index contributed by atoms with van der Waals surface area (Å²) in [5.41, 5.74) is 0.415. The average molecular weight is 228 g/mol. The standard InChI is InChI=1S/C9H16N4O3/c1-3-12-9(10-5-4-6-14)8(13(15)16)7(2)11-12/h10,14H,3-6H2,1-2H3. The Bertz CT molecular complexity index is 375. The maximum absolute atomic E-state index is 10.9. The molecule has 0 aliphatic rings. The molecule has 0 bridgehead atoms. The molecule has 0 aromatic carbocycles. The lowest BCUT2D eigenvalue weighted by atomic mass is 10.3. The van der Waals surface area contributed by atoms with Crippen LogP contribution in [0.1, 0.15) is 19.0 Å². The van der Waals surface area contributed by atoms with Crippen molar-refractivity contribution in [3.05, 3.63) is 15.8 Å². The van der Waals surface area contributed by atoms with Gasteiger partial charge >= 0.3 is 5.69 Å². The minimum absolute atomic E-state index is 0.0137. The highest BCUT2D eigenvalue weighted by atomic mass is 16.6. The Hall–Kier alpha value is -1.63. The first kappa shape index (κ1) is 12.4. The van der Waals surface area contributed by atoms with Crippen molar-refractivity contribution in [1.82, 2.24) is 9.78 Å². The van der Waals surface area contributed by atoms with Gasteiger partial charge in [0.15, 0.2) is 0 Å². The van der Waals surface area contributed by atoms with Crippen LogP contribution in [-0.2, 0) is 6.54 Å². The van der Waals surface area contributed by atoms with Crippen LogP contribution in [0.3, 0.4) is 0 Å². The van der Waals surface area contributed by atoms with Crippen LogP contribution < -0.4 is 5.32 Å². The second kappa shape index (κ2) is 5.45. The van der Waals surface area contributed by atoms with Crippen molar-refractivity contribution in [2.75, 3.05) is 18.5 Å². The summed E-state index contributed by atoms with van der Waals surface area (Å²) in [6.45, 7) is 4.59. The maximum Gasteiger partial charge on any atom is 0.333 e. The smallest absolute Gasteiger partial charge is 0.333 e. The lowest BCUT2D eigenvalue weighted by molar-refractivity contribution is -0.384. The van der Waals surface area contributed by atoms with Gasteiger partial charge in [-0.25, -0.2) is 4.68 Å². The van der Waals surface area contributed by atoms with E-state index in [9.17, 15) is 10.1 Å². The Balaban J connectivity index is 2.97. The normalized spacial score (nSPS) is 10.4. The Kier molecular flexibility index (Phi) is 4.24. The van der Waals surface area contributed by atoms with Gasteiger partial charge in [0, 0.05) is 19.7 Å². The highest BCUT2D eigenvalue weighted by Gasteiger charge is 2.24. The van der Waals surface area contributed by atoms with E-state index in [1.54, 1.807) is 11.6 Å². The highest BCUT2D eigenvalue weighted by molar-refractivity contribution is 5.59. The zero-order valence-corrected chi connectivity index (χ0v) is 9.43. The van der Waals surface area contributed by atoms with Crippen molar-refractivity contribution in [1.29, 1.82) is 0 Å². The van der Waals surface area contributed by atoms with Crippen LogP contribution in [0.2, 0.25) is 0 Å². The molecule has 0 unspecified atom stereocenters. The third-order valence-corrected chi connectivity index (χ3v) is 2.21. The van der Waals surface area contributed by atoms with Gasteiger partial charge in [0.1, 0.15) is 5.69 Å². The summed E-state index contributed by atoms with van der Waals surface area (Å²) in [6, 6.07) is 0. The molecule has 1 rings (SSSR count). The van der Waals surface area contributed by atoms with Crippen LogP contribution in [0.4, 0.5) is 11.5 Å². The fourth-order valence-electron chi connectivity index (χ4n) is 1.48. The van der Waals surface area contributed by atoms with E-state index in [2.05, 4.69) is 10.4 Å². The van der Waals surface area contributed by atoms with E-state index in [1.807, 2.05) is 6.92 Å². The molecule has 90 valence electrons. The summed E-state index contributed by atoms with van der Waals surface area (Å²) in [5, 5.41) is 26.5. The van der Waals surface area contributed by atoms with E-state index < -0.39 is 4.92 Å². The Morgan fingerprint density at radius 1 is 1.62 bits per heavy atom. The Morgan fingerprint density at radius 2 is 2.31 bits per heavy atom. The highest BCUT2D eigenvalue weighted by Crippen LogP contribution is 2.27. The number of nitro groups is 1. The first-order chi connectivity index (χ1) is 7.61. The summed E-state index contributed by atoms with van der Waals surface area (Å²) < 4.78 is 1.56. The van der Waals surface area contributed by atoms with Crippen LogP contribution in [-0.4, -0.2) is 33.0 Å². The molecular formula is C9H16N4O3. The van der Waals surface area contributed by atoms with Gasteiger partial charge in [-0.2, -0.15) is 5.10 Å². The van der Waals surface area contributed by atoms with Crippen LogP contribution >= 0.6 is 0 Å². The first-order valence-corrected chi connectivity index (χ1v) is 5.18. The van der Waals surface area contributed by atoms with Gasteiger partial charge in [0.2, 0.25) is 5.82 Å². The SMILES string of the molecule is CCn1nc(C)c([N+](=O)[O-])c1NCCCO. The van der Waals surface area contributed by atoms with Crippen molar-refractivity contribution in [3.63, 3.8) is 0 Å². The number of hydrogen-bond acceptors (Lipinski definition) is 5. The second-order valence-corrected chi connectivity index (χ2v) is 3.36. The van der Waals surface area contributed by atoms with Crippen LogP contribution in [0.15, 0.2) is 0 Å². The predicted molar refractivity (Wildman–Crippen MR) is 59.5 cm³/mol. The number of nitrogens with one attached hydrogen (secondary N) is 1. The van der Waals surface area contributed by atoms with Crippen LogP contribution in [0.5, 0.6) is 0 Å². The molecule has 1 aromatic heterocycles. The predicted octanol–water partition coefficient (Wildman–Crippen LogP) is 0.914. The summed E-state index contributed by atoms with van der Waals surface area (Å²) in [6.07, 6.45) is 0.547. The third-order valence-electron chi connectivity index (χ3n) is 2.21. The third kappa shape index (κ3) is 2.48. The van der Waals surface area contributed by atoms with Crippen molar-refractivity contribution >= 4 is 11.5 Å². The Labute approximate surface area is 93.2 Å². The molecule has 16 heavy (non-hydrogen) atoms. The molecule has 0 atom stereocenters. The van der Waals surface area contributed by atoms with Gasteiger partial charge < -0.3 is 10.4 Å². The van der Waals surface area contributed by atoms with E-state index in [0.717, 1.165) is 0 Å². The van der Waals surface area contributed by atoms with Gasteiger partial charge in [0.25, 0.3) is 0 Å². The van der Waals surface area contributed by atoms with Gasteiger partial charge in [0.05, 0.1) is 4.92 Å². The molecule has 0 saturated carbocycles. The number of aryl methyl sites for hydroxylation is 2. The minimum atomic E-state index is -0.435. The monoisotopic (exact) mass is 228 g/mol. The second-order valence-electron chi connectivity index (χ2n) is 3.36. The topological polar surface area (TPSA) is 93.2 Å². The quantitative estimate of drug-likeness (QED) is 0.429. The summed E-state index contributed by atoms with van der Waals surface area (Å²) in [7, 11) is 0. The molecule has 7 heteroatoms. The number of aromatic nitrogens is 2. The fraction of sp³-hybridized carbons (Fsp3) is 0.667. The molecule has 1 aromatic rings. The van der Waals surface area contributed by atoms with E-state index in [-0.39, 0.29) is 12.3 Å². The van der Waals surface area contributed by atoms with E-state index in [1.165, 1.54) is 0 Å². The molecule has 2 N–H and O–H groups in total. The van der Waals surface area contributed by atoms with E-state index in [4.69, 9.17) is 5.11 Å². The number of anilines is 1. The van der Waals surface area contributed by atoms with Crippen molar-refractivity contribution in [3.8, 4) is 0 Å². The molecule has 1 heterocycles. The zero-order chi connectivity index (χ0) is 12.1.